The third-order valence-electron chi connectivity index (χ3n) is 2.46. The van der Waals surface area contributed by atoms with Gasteiger partial charge in [-0.1, -0.05) is 12.2 Å². The van der Waals surface area contributed by atoms with Gasteiger partial charge in [-0.25, -0.2) is 9.98 Å². The Morgan fingerprint density at radius 3 is 3.22 bits per heavy atom. The molecule has 90 valence electrons. The van der Waals surface area contributed by atoms with E-state index in [1.165, 1.54) is 0 Å². The minimum atomic E-state index is 0.424. The standard InChI is InChI=1S/C11H9N5OS/c1-16-9-8(6-13-16)10(18)15-11(14-9)12-5-7-3-2-4-17-7/h2-6H,1H3,(H,14,15,18)/b12-5+. The Bertz CT molecular complexity index is 768. The first-order valence-electron chi connectivity index (χ1n) is 5.23. The molecule has 3 heterocycles. The van der Waals surface area contributed by atoms with Crippen molar-refractivity contribution in [2.75, 3.05) is 0 Å². The predicted octanol–water partition coefficient (Wildman–Crippen LogP) is 2.37. The van der Waals surface area contributed by atoms with Gasteiger partial charge in [0.2, 0.25) is 5.95 Å². The van der Waals surface area contributed by atoms with Crippen LogP contribution in [0.5, 0.6) is 0 Å². The Morgan fingerprint density at radius 1 is 1.56 bits per heavy atom. The molecule has 0 aromatic carbocycles. The van der Waals surface area contributed by atoms with E-state index in [2.05, 4.69) is 20.1 Å². The van der Waals surface area contributed by atoms with Crippen molar-refractivity contribution in [1.29, 1.82) is 0 Å². The Kier molecular flexibility index (Phi) is 2.52. The molecule has 0 saturated heterocycles. The smallest absolute Gasteiger partial charge is 0.229 e. The lowest BCUT2D eigenvalue weighted by molar-refractivity contribution is 0.560. The van der Waals surface area contributed by atoms with Gasteiger partial charge in [-0.15, -0.1) is 0 Å². The highest BCUT2D eigenvalue weighted by Gasteiger charge is 2.04. The van der Waals surface area contributed by atoms with Crippen LogP contribution in [0.15, 0.2) is 34.0 Å². The molecule has 0 aliphatic carbocycles. The van der Waals surface area contributed by atoms with E-state index in [0.717, 1.165) is 11.0 Å². The second-order valence-electron chi connectivity index (χ2n) is 3.67. The topological polar surface area (TPSA) is 72.0 Å². The second kappa shape index (κ2) is 4.19. The van der Waals surface area contributed by atoms with Crippen molar-refractivity contribution in [2.45, 2.75) is 0 Å². The van der Waals surface area contributed by atoms with Crippen LogP contribution in [-0.2, 0) is 7.05 Å². The monoisotopic (exact) mass is 259 g/mol. The van der Waals surface area contributed by atoms with E-state index >= 15 is 0 Å². The molecule has 0 aliphatic heterocycles. The predicted molar refractivity (Wildman–Crippen MR) is 69.7 cm³/mol. The van der Waals surface area contributed by atoms with Crippen LogP contribution in [0, 0.1) is 4.64 Å². The molecule has 0 bridgehead atoms. The zero-order valence-corrected chi connectivity index (χ0v) is 10.3. The lowest BCUT2D eigenvalue weighted by Crippen LogP contribution is -1.93. The number of aryl methyl sites for hydroxylation is 1. The van der Waals surface area contributed by atoms with E-state index in [1.54, 1.807) is 35.5 Å². The van der Waals surface area contributed by atoms with Gasteiger partial charge in [-0.2, -0.15) is 5.10 Å². The van der Waals surface area contributed by atoms with Gasteiger partial charge < -0.3 is 9.40 Å². The number of aromatic amines is 1. The number of H-pyrrole nitrogens is 1. The van der Waals surface area contributed by atoms with Crippen LogP contribution in [0.3, 0.4) is 0 Å². The van der Waals surface area contributed by atoms with E-state index in [0.29, 0.717) is 16.3 Å². The Labute approximate surface area is 107 Å². The summed E-state index contributed by atoms with van der Waals surface area (Å²) in [4.78, 5) is 11.4. The summed E-state index contributed by atoms with van der Waals surface area (Å²) >= 11 is 5.19. The summed E-state index contributed by atoms with van der Waals surface area (Å²) in [6, 6.07) is 3.60. The average Bonchev–Trinajstić information content (AvgIpc) is 2.98. The number of furan rings is 1. The molecule has 0 atom stereocenters. The van der Waals surface area contributed by atoms with Crippen LogP contribution in [-0.4, -0.2) is 26.0 Å². The summed E-state index contributed by atoms with van der Waals surface area (Å²) < 4.78 is 7.32. The minimum absolute atomic E-state index is 0.424. The fraction of sp³-hybridized carbons (Fsp3) is 0.0909. The third-order valence-corrected chi connectivity index (χ3v) is 2.78. The number of rotatable bonds is 2. The van der Waals surface area contributed by atoms with Crippen molar-refractivity contribution in [1.82, 2.24) is 19.7 Å². The summed E-state index contributed by atoms with van der Waals surface area (Å²) in [6.07, 6.45) is 4.85. The zero-order valence-electron chi connectivity index (χ0n) is 9.49. The van der Waals surface area contributed by atoms with E-state index in [9.17, 15) is 0 Å². The average molecular weight is 259 g/mol. The summed E-state index contributed by atoms with van der Waals surface area (Å²) in [7, 11) is 1.83. The zero-order chi connectivity index (χ0) is 12.5. The lowest BCUT2D eigenvalue weighted by atomic mass is 10.4. The van der Waals surface area contributed by atoms with Gasteiger partial charge in [0.05, 0.1) is 24.1 Å². The Balaban J connectivity index is 2.07. The van der Waals surface area contributed by atoms with Gasteiger partial charge in [-0.05, 0) is 12.1 Å². The van der Waals surface area contributed by atoms with E-state index in [1.807, 2.05) is 7.05 Å². The molecule has 0 spiro atoms. The van der Waals surface area contributed by atoms with Crippen molar-refractivity contribution in [3.05, 3.63) is 35.0 Å². The van der Waals surface area contributed by atoms with Gasteiger partial charge >= 0.3 is 0 Å². The van der Waals surface area contributed by atoms with Crippen LogP contribution in [0.4, 0.5) is 5.95 Å². The highest BCUT2D eigenvalue weighted by Crippen LogP contribution is 2.14. The molecular formula is C11H9N5OS. The highest BCUT2D eigenvalue weighted by atomic mass is 32.1. The van der Waals surface area contributed by atoms with Crippen LogP contribution in [0.1, 0.15) is 5.76 Å². The fourth-order valence-electron chi connectivity index (χ4n) is 1.58. The molecule has 0 amide bonds. The second-order valence-corrected chi connectivity index (χ2v) is 4.06. The number of hydrogen-bond donors (Lipinski definition) is 1. The van der Waals surface area contributed by atoms with Crippen LogP contribution in [0.25, 0.3) is 11.0 Å². The molecule has 0 saturated carbocycles. The number of hydrogen-bond acceptors (Lipinski definition) is 5. The van der Waals surface area contributed by atoms with Crippen molar-refractivity contribution in [3.63, 3.8) is 0 Å². The largest absolute Gasteiger partial charge is 0.463 e. The molecular weight excluding hydrogens is 250 g/mol. The fourth-order valence-corrected chi connectivity index (χ4v) is 1.82. The van der Waals surface area contributed by atoms with Crippen molar-refractivity contribution < 1.29 is 4.42 Å². The quantitative estimate of drug-likeness (QED) is 0.566. The third kappa shape index (κ3) is 1.84. The van der Waals surface area contributed by atoms with Crippen molar-refractivity contribution in [3.8, 4) is 0 Å². The number of nitrogens with zero attached hydrogens (tertiary/aromatic N) is 4. The Hall–Kier alpha value is -2.28. The maximum Gasteiger partial charge on any atom is 0.229 e. The molecule has 0 unspecified atom stereocenters. The molecule has 7 heteroatoms. The number of nitrogens with one attached hydrogen (secondary N) is 1. The first-order valence-corrected chi connectivity index (χ1v) is 5.64. The molecule has 3 rings (SSSR count). The normalized spacial score (nSPS) is 11.6. The first-order chi connectivity index (χ1) is 8.74. The SMILES string of the molecule is Cn1ncc2c(=S)nc(/N=C/c3ccco3)[nH]c21. The van der Waals surface area contributed by atoms with Crippen molar-refractivity contribution >= 4 is 35.4 Å². The highest BCUT2D eigenvalue weighted by molar-refractivity contribution is 7.71. The van der Waals surface area contributed by atoms with Gasteiger partial charge in [0.15, 0.2) is 0 Å². The molecule has 0 radical (unpaired) electrons. The maximum absolute atomic E-state index is 5.19. The summed E-state index contributed by atoms with van der Waals surface area (Å²) in [6.45, 7) is 0. The van der Waals surface area contributed by atoms with Gasteiger partial charge in [-0.3, -0.25) is 4.68 Å². The molecule has 0 fully saturated rings. The van der Waals surface area contributed by atoms with E-state index < -0.39 is 0 Å². The number of fused-ring (bicyclic) bond motifs is 1. The summed E-state index contributed by atoms with van der Waals surface area (Å²) in [5.41, 5.74) is 0.793. The van der Waals surface area contributed by atoms with Crippen LogP contribution >= 0.6 is 12.2 Å². The van der Waals surface area contributed by atoms with Crippen LogP contribution < -0.4 is 0 Å². The van der Waals surface area contributed by atoms with Crippen LogP contribution in [0.2, 0.25) is 0 Å². The molecule has 18 heavy (non-hydrogen) atoms. The lowest BCUT2D eigenvalue weighted by Gasteiger charge is -1.97. The van der Waals surface area contributed by atoms with Gasteiger partial charge in [0.1, 0.15) is 16.0 Å². The van der Waals surface area contributed by atoms with E-state index in [-0.39, 0.29) is 0 Å². The molecule has 3 aromatic rings. The molecule has 3 aromatic heterocycles. The Morgan fingerprint density at radius 2 is 2.44 bits per heavy atom. The van der Waals surface area contributed by atoms with Crippen molar-refractivity contribution in [2.24, 2.45) is 12.0 Å². The molecule has 1 N–H and O–H groups in total. The molecule has 6 nitrogen and oxygen atoms in total. The summed E-state index contributed by atoms with van der Waals surface area (Å²) in [5.74, 6) is 1.08. The maximum atomic E-state index is 5.19. The number of aromatic nitrogens is 4. The molecule has 0 aliphatic rings. The summed E-state index contributed by atoms with van der Waals surface area (Å²) in [5, 5.41) is 4.93. The van der Waals surface area contributed by atoms with E-state index in [4.69, 9.17) is 16.6 Å². The minimum Gasteiger partial charge on any atom is -0.463 e. The number of aliphatic imine (C=N–C) groups is 1. The van der Waals surface area contributed by atoms with Gasteiger partial charge in [0.25, 0.3) is 0 Å². The first kappa shape index (κ1) is 10.8. The van der Waals surface area contributed by atoms with Gasteiger partial charge in [0, 0.05) is 7.05 Å².